The van der Waals surface area contributed by atoms with E-state index in [4.69, 9.17) is 16.3 Å². The Hall–Kier alpha value is -2.46. The first kappa shape index (κ1) is 20.3. The minimum absolute atomic E-state index is 0.567. The van der Waals surface area contributed by atoms with Crippen molar-refractivity contribution < 1.29 is 14.6 Å². The summed E-state index contributed by atoms with van der Waals surface area (Å²) < 4.78 is 7.68. The summed E-state index contributed by atoms with van der Waals surface area (Å²) in [5, 5.41) is 11.3. The van der Waals surface area contributed by atoms with Crippen molar-refractivity contribution in [2.45, 2.75) is 40.2 Å². The van der Waals surface area contributed by atoms with Crippen molar-refractivity contribution in [2.75, 3.05) is 7.11 Å². The molecule has 148 valence electrons. The van der Waals surface area contributed by atoms with Gasteiger partial charge in [0.25, 0.3) is 0 Å². The summed E-state index contributed by atoms with van der Waals surface area (Å²) >= 11 is 6.03. The molecule has 1 N–H and O–H groups in total. The Morgan fingerprint density at radius 2 is 1.86 bits per heavy atom. The molecule has 4 nitrogen and oxygen atoms in total. The molecule has 0 radical (unpaired) electrons. The zero-order valence-electron chi connectivity index (χ0n) is 16.8. The summed E-state index contributed by atoms with van der Waals surface area (Å²) in [6.45, 7) is 6.36. The highest BCUT2D eigenvalue weighted by molar-refractivity contribution is 6.30. The van der Waals surface area contributed by atoms with Crippen molar-refractivity contribution in [2.24, 2.45) is 5.41 Å². The van der Waals surface area contributed by atoms with E-state index in [0.717, 1.165) is 27.9 Å². The van der Waals surface area contributed by atoms with Crippen LogP contribution < -0.4 is 4.74 Å². The van der Waals surface area contributed by atoms with E-state index in [0.29, 0.717) is 24.4 Å². The standard InChI is InChI=1S/C23H26ClNO3/c1-15-19-13-18(28-4)9-10-21(19)25(14-16-5-7-17(24)8-6-16)20(15)11-12-23(2,3)22(26)27/h5-10,13H,11-12,14H2,1-4H3,(H,26,27). The number of benzene rings is 2. The number of carbonyl (C=O) groups is 1. The molecule has 0 aliphatic rings. The predicted molar refractivity (Wildman–Crippen MR) is 114 cm³/mol. The molecule has 0 amide bonds. The number of aliphatic carboxylic acids is 1. The highest BCUT2D eigenvalue weighted by atomic mass is 35.5. The van der Waals surface area contributed by atoms with Gasteiger partial charge in [-0.05, 0) is 75.1 Å². The minimum Gasteiger partial charge on any atom is -0.497 e. The lowest BCUT2D eigenvalue weighted by atomic mass is 9.87. The van der Waals surface area contributed by atoms with Crippen LogP contribution in [0.25, 0.3) is 10.9 Å². The Bertz CT molecular complexity index is 1000. The largest absolute Gasteiger partial charge is 0.497 e. The maximum Gasteiger partial charge on any atom is 0.309 e. The highest BCUT2D eigenvalue weighted by Crippen LogP contribution is 2.33. The number of aryl methyl sites for hydroxylation is 1. The van der Waals surface area contributed by atoms with Gasteiger partial charge in [0.1, 0.15) is 5.75 Å². The second-order valence-corrected chi connectivity index (χ2v) is 8.29. The molecule has 0 saturated carbocycles. The maximum atomic E-state index is 11.6. The van der Waals surface area contributed by atoms with Crippen molar-refractivity contribution in [3.63, 3.8) is 0 Å². The molecule has 0 unspecified atom stereocenters. The molecule has 0 spiro atoms. The molecule has 2 aromatic carbocycles. The monoisotopic (exact) mass is 399 g/mol. The number of aromatic nitrogens is 1. The van der Waals surface area contributed by atoms with E-state index in [1.54, 1.807) is 21.0 Å². The van der Waals surface area contributed by atoms with Crippen LogP contribution in [0, 0.1) is 12.3 Å². The first-order chi connectivity index (χ1) is 13.2. The number of nitrogens with zero attached hydrogens (tertiary/aromatic N) is 1. The molecule has 0 aliphatic carbocycles. The summed E-state index contributed by atoms with van der Waals surface area (Å²) in [6, 6.07) is 13.9. The van der Waals surface area contributed by atoms with Crippen LogP contribution in [0.15, 0.2) is 42.5 Å². The van der Waals surface area contributed by atoms with E-state index in [9.17, 15) is 9.90 Å². The topological polar surface area (TPSA) is 51.5 Å². The van der Waals surface area contributed by atoms with Gasteiger partial charge in [0.15, 0.2) is 0 Å². The van der Waals surface area contributed by atoms with Gasteiger partial charge in [-0.2, -0.15) is 0 Å². The van der Waals surface area contributed by atoms with Crippen molar-refractivity contribution in [3.05, 3.63) is 64.3 Å². The fourth-order valence-corrected chi connectivity index (χ4v) is 3.62. The first-order valence-electron chi connectivity index (χ1n) is 9.36. The van der Waals surface area contributed by atoms with Crippen LogP contribution in [-0.4, -0.2) is 22.8 Å². The summed E-state index contributed by atoms with van der Waals surface area (Å²) in [5.41, 5.74) is 3.83. The second kappa shape index (κ2) is 7.88. The molecular weight excluding hydrogens is 374 g/mol. The van der Waals surface area contributed by atoms with E-state index in [-0.39, 0.29) is 0 Å². The normalized spacial score (nSPS) is 11.8. The van der Waals surface area contributed by atoms with Gasteiger partial charge in [-0.25, -0.2) is 0 Å². The van der Waals surface area contributed by atoms with Crippen LogP contribution >= 0.6 is 11.6 Å². The van der Waals surface area contributed by atoms with E-state index in [1.165, 1.54) is 5.56 Å². The Labute approximate surface area is 170 Å². The Balaban J connectivity index is 2.07. The number of methoxy groups -OCH3 is 1. The van der Waals surface area contributed by atoms with Crippen molar-refractivity contribution in [1.82, 2.24) is 4.57 Å². The molecule has 5 heteroatoms. The lowest BCUT2D eigenvalue weighted by Gasteiger charge is -2.20. The van der Waals surface area contributed by atoms with Crippen LogP contribution in [0.2, 0.25) is 5.02 Å². The molecule has 1 heterocycles. The average Bonchev–Trinajstić information content (AvgIpc) is 2.92. The molecular formula is C23H26ClNO3. The van der Waals surface area contributed by atoms with E-state index >= 15 is 0 Å². The third-order valence-corrected chi connectivity index (χ3v) is 5.73. The molecule has 0 bridgehead atoms. The number of halogens is 1. The van der Waals surface area contributed by atoms with Crippen molar-refractivity contribution in [1.29, 1.82) is 0 Å². The third-order valence-electron chi connectivity index (χ3n) is 5.48. The van der Waals surface area contributed by atoms with Gasteiger partial charge in [-0.15, -0.1) is 0 Å². The van der Waals surface area contributed by atoms with E-state index in [1.807, 2.05) is 30.3 Å². The Morgan fingerprint density at radius 1 is 1.18 bits per heavy atom. The molecule has 0 aliphatic heterocycles. The van der Waals surface area contributed by atoms with Gasteiger partial charge in [0, 0.05) is 28.2 Å². The minimum atomic E-state index is -0.772. The van der Waals surface area contributed by atoms with Gasteiger partial charge >= 0.3 is 5.97 Å². The number of rotatable bonds is 7. The van der Waals surface area contributed by atoms with Crippen LogP contribution in [0.4, 0.5) is 0 Å². The number of ether oxygens (including phenoxy) is 1. The van der Waals surface area contributed by atoms with Crippen molar-refractivity contribution >= 4 is 28.5 Å². The van der Waals surface area contributed by atoms with Crippen molar-refractivity contribution in [3.8, 4) is 5.75 Å². The fourth-order valence-electron chi connectivity index (χ4n) is 3.49. The molecule has 1 aromatic heterocycles. The summed E-state index contributed by atoms with van der Waals surface area (Å²) in [5.74, 6) is 0.0452. The summed E-state index contributed by atoms with van der Waals surface area (Å²) in [6.07, 6.45) is 1.26. The Kier molecular flexibility index (Phi) is 5.71. The van der Waals surface area contributed by atoms with Crippen LogP contribution in [0.3, 0.4) is 0 Å². The van der Waals surface area contributed by atoms with Gasteiger partial charge in [0.05, 0.1) is 12.5 Å². The van der Waals surface area contributed by atoms with E-state index in [2.05, 4.69) is 23.6 Å². The molecule has 3 rings (SSSR count). The lowest BCUT2D eigenvalue weighted by molar-refractivity contribution is -0.147. The van der Waals surface area contributed by atoms with Crippen LogP contribution in [0.1, 0.15) is 37.1 Å². The third kappa shape index (κ3) is 4.02. The van der Waals surface area contributed by atoms with E-state index < -0.39 is 11.4 Å². The molecule has 0 fully saturated rings. The average molecular weight is 400 g/mol. The maximum absolute atomic E-state index is 11.6. The van der Waals surface area contributed by atoms with Crippen LogP contribution in [-0.2, 0) is 17.8 Å². The number of carboxylic acids is 1. The number of hydrogen-bond acceptors (Lipinski definition) is 2. The van der Waals surface area contributed by atoms with Crippen LogP contribution in [0.5, 0.6) is 5.75 Å². The lowest BCUT2D eigenvalue weighted by Crippen LogP contribution is -2.24. The number of fused-ring (bicyclic) bond motifs is 1. The predicted octanol–water partition coefficient (Wildman–Crippen LogP) is 5.70. The second-order valence-electron chi connectivity index (χ2n) is 7.86. The number of hydrogen-bond donors (Lipinski definition) is 1. The van der Waals surface area contributed by atoms with Gasteiger partial charge in [0.2, 0.25) is 0 Å². The Morgan fingerprint density at radius 3 is 2.46 bits per heavy atom. The summed E-state index contributed by atoms with van der Waals surface area (Å²) in [4.78, 5) is 11.6. The zero-order valence-corrected chi connectivity index (χ0v) is 17.5. The smallest absolute Gasteiger partial charge is 0.309 e. The highest BCUT2D eigenvalue weighted by Gasteiger charge is 2.28. The zero-order chi connectivity index (χ0) is 20.5. The molecule has 0 atom stereocenters. The molecule has 3 aromatic rings. The molecule has 28 heavy (non-hydrogen) atoms. The van der Waals surface area contributed by atoms with Gasteiger partial charge < -0.3 is 14.4 Å². The summed E-state index contributed by atoms with van der Waals surface area (Å²) in [7, 11) is 1.66. The SMILES string of the molecule is COc1ccc2c(c1)c(C)c(CCC(C)(C)C(=O)O)n2Cc1ccc(Cl)cc1. The quantitative estimate of drug-likeness (QED) is 0.554. The first-order valence-corrected chi connectivity index (χ1v) is 9.74. The molecule has 0 saturated heterocycles. The number of carboxylic acid groups (broad SMARTS) is 1. The van der Waals surface area contributed by atoms with Gasteiger partial charge in [-0.3, -0.25) is 4.79 Å². The van der Waals surface area contributed by atoms with Gasteiger partial charge in [-0.1, -0.05) is 23.7 Å². The fraction of sp³-hybridized carbons (Fsp3) is 0.348.